The number of rotatable bonds is 4. The first kappa shape index (κ1) is 21.2. The van der Waals surface area contributed by atoms with Gasteiger partial charge in [0.25, 0.3) is 5.82 Å². The van der Waals surface area contributed by atoms with Crippen LogP contribution in [-0.4, -0.2) is 20.7 Å². The molecule has 0 saturated carbocycles. The fraction of sp³-hybridized carbons (Fsp3) is 0.0833. The van der Waals surface area contributed by atoms with E-state index in [0.29, 0.717) is 38.9 Å². The Bertz CT molecular complexity index is 1340. The summed E-state index contributed by atoms with van der Waals surface area (Å²) in [6, 6.07) is 19.7. The number of H-pyrrole nitrogens is 1. The molecule has 0 bridgehead atoms. The van der Waals surface area contributed by atoms with Gasteiger partial charge in [-0.05, 0) is 23.8 Å². The summed E-state index contributed by atoms with van der Waals surface area (Å²) in [4.78, 5) is 21.1. The zero-order valence-corrected chi connectivity index (χ0v) is 18.8. The molecule has 1 aliphatic heterocycles. The van der Waals surface area contributed by atoms with Crippen molar-refractivity contribution in [1.29, 1.82) is 0 Å². The van der Waals surface area contributed by atoms with E-state index in [-0.39, 0.29) is 5.91 Å². The predicted molar refractivity (Wildman–Crippen MR) is 128 cm³/mol. The molecule has 2 aromatic heterocycles. The molecule has 164 valence electrons. The normalized spacial score (nSPS) is 17.2. The first-order chi connectivity index (χ1) is 16.0. The first-order valence-electron chi connectivity index (χ1n) is 10.2. The van der Waals surface area contributed by atoms with Crippen LogP contribution in [0.1, 0.15) is 11.6 Å². The average molecular weight is 478 g/mol. The summed E-state index contributed by atoms with van der Waals surface area (Å²) in [5.41, 5.74) is 2.03. The molecular formula is C24H19Cl2N6O+. The maximum absolute atomic E-state index is 13.5. The van der Waals surface area contributed by atoms with Gasteiger partial charge in [-0.15, -0.1) is 5.10 Å². The third-order valence-corrected chi connectivity index (χ3v) is 5.98. The lowest BCUT2D eigenvalue weighted by Gasteiger charge is -2.32. The molecule has 2 aromatic carbocycles. The number of pyridine rings is 1. The molecule has 0 fully saturated rings. The van der Waals surface area contributed by atoms with Crippen LogP contribution in [0, 0.1) is 5.92 Å². The second kappa shape index (κ2) is 8.69. The lowest BCUT2D eigenvalue weighted by atomic mass is 9.88. The van der Waals surface area contributed by atoms with Gasteiger partial charge in [-0.2, -0.15) is 4.98 Å². The summed E-state index contributed by atoms with van der Waals surface area (Å²) in [6.45, 7) is 4.13. The molecule has 0 radical (unpaired) electrons. The van der Waals surface area contributed by atoms with Crippen molar-refractivity contribution in [3.63, 3.8) is 0 Å². The molecule has 0 spiro atoms. The molecule has 7 nitrogen and oxygen atoms in total. The predicted octanol–water partition coefficient (Wildman–Crippen LogP) is 4.85. The summed E-state index contributed by atoms with van der Waals surface area (Å²) in [5.74, 6) is 0.567. The maximum Gasteiger partial charge on any atom is 0.319 e. The van der Waals surface area contributed by atoms with Gasteiger partial charge in [0, 0.05) is 27.4 Å². The molecular weight excluding hydrogens is 459 g/mol. The van der Waals surface area contributed by atoms with Crippen molar-refractivity contribution < 1.29 is 9.78 Å². The quantitative estimate of drug-likeness (QED) is 0.439. The topological polar surface area (TPSA) is 86.0 Å². The standard InChI is InChI=1S/C24H18Cl2N6O/c1-14-20(23(33)29-19-9-5-6-12-27-19)21(17-11-10-16(25)13-18(17)26)32-24(28-14)30-22(31-32)15-7-3-2-4-8-15/h2-13,20-21H,1H2,(H,27,29,33)(H,28,30,31)/p+1. The van der Waals surface area contributed by atoms with Crippen molar-refractivity contribution in [2.24, 2.45) is 5.92 Å². The van der Waals surface area contributed by atoms with Crippen LogP contribution in [0.5, 0.6) is 0 Å². The molecule has 4 aromatic rings. The zero-order valence-electron chi connectivity index (χ0n) is 17.3. The Hall–Kier alpha value is -3.68. The van der Waals surface area contributed by atoms with Crippen molar-refractivity contribution in [1.82, 2.24) is 14.8 Å². The molecule has 2 unspecified atom stereocenters. The van der Waals surface area contributed by atoms with Crippen molar-refractivity contribution >= 4 is 40.9 Å². The molecule has 33 heavy (non-hydrogen) atoms. The highest BCUT2D eigenvalue weighted by molar-refractivity contribution is 6.35. The molecule has 0 saturated heterocycles. The Kier molecular flexibility index (Phi) is 5.58. The van der Waals surface area contributed by atoms with Crippen molar-refractivity contribution in [3.8, 4) is 11.4 Å². The Labute approximate surface area is 200 Å². The monoisotopic (exact) mass is 477 g/mol. The fourth-order valence-corrected chi connectivity index (χ4v) is 4.42. The number of carbonyl (C=O) groups excluding carboxylic acids is 1. The lowest BCUT2D eigenvalue weighted by Crippen LogP contribution is -2.40. The Morgan fingerprint density at radius 2 is 1.88 bits per heavy atom. The minimum absolute atomic E-state index is 0.270. The number of aromatic amines is 1. The van der Waals surface area contributed by atoms with Crippen LogP contribution < -0.4 is 15.6 Å². The van der Waals surface area contributed by atoms with Gasteiger partial charge in [0.05, 0.1) is 6.20 Å². The summed E-state index contributed by atoms with van der Waals surface area (Å²) in [5, 5.41) is 11.7. The molecule has 9 heteroatoms. The highest BCUT2D eigenvalue weighted by atomic mass is 35.5. The first-order valence-corrected chi connectivity index (χ1v) is 11.0. The van der Waals surface area contributed by atoms with Crippen molar-refractivity contribution in [3.05, 3.63) is 101 Å². The summed E-state index contributed by atoms with van der Waals surface area (Å²) >= 11 is 12.7. The number of hydrogen-bond acceptors (Lipinski definition) is 4. The SMILES string of the molecule is C=C1Nc2nc(-c3ccccc3)nn2C(c2ccc(Cl)cc2Cl)C1C(=O)Nc1cccc[nH+]1. The zero-order chi connectivity index (χ0) is 22.9. The van der Waals surface area contributed by atoms with E-state index in [1.807, 2.05) is 42.5 Å². The van der Waals surface area contributed by atoms with E-state index in [1.165, 1.54) is 0 Å². The van der Waals surface area contributed by atoms with Crippen LogP contribution >= 0.6 is 23.2 Å². The summed E-state index contributed by atoms with van der Waals surface area (Å²) < 4.78 is 1.69. The number of benzene rings is 2. The van der Waals surface area contributed by atoms with E-state index < -0.39 is 12.0 Å². The molecule has 1 amide bonds. The number of hydrogen-bond donors (Lipinski definition) is 2. The van der Waals surface area contributed by atoms with Gasteiger partial charge < -0.3 is 5.32 Å². The van der Waals surface area contributed by atoms with Gasteiger partial charge in [-0.3, -0.25) is 0 Å². The number of halogens is 2. The number of nitrogens with zero attached hydrogens (tertiary/aromatic N) is 3. The van der Waals surface area contributed by atoms with Gasteiger partial charge in [-0.1, -0.05) is 72.2 Å². The largest absolute Gasteiger partial charge is 0.328 e. The molecule has 2 atom stereocenters. The van der Waals surface area contributed by atoms with Gasteiger partial charge >= 0.3 is 5.91 Å². The van der Waals surface area contributed by atoms with E-state index in [2.05, 4.69) is 27.2 Å². The van der Waals surface area contributed by atoms with Gasteiger partial charge in [0.1, 0.15) is 12.0 Å². The third-order valence-electron chi connectivity index (χ3n) is 5.42. The van der Waals surface area contributed by atoms with Gasteiger partial charge in [0.2, 0.25) is 5.95 Å². The van der Waals surface area contributed by atoms with Crippen LogP contribution in [0.25, 0.3) is 11.4 Å². The van der Waals surface area contributed by atoms with Crippen LogP contribution in [0.4, 0.5) is 11.8 Å². The van der Waals surface area contributed by atoms with Gasteiger partial charge in [-0.25, -0.2) is 19.8 Å². The van der Waals surface area contributed by atoms with E-state index in [0.717, 1.165) is 5.56 Å². The second-order valence-corrected chi connectivity index (χ2v) is 8.42. The Balaban J connectivity index is 1.62. The molecule has 3 N–H and O–H groups in total. The number of nitrogens with one attached hydrogen (secondary N) is 3. The van der Waals surface area contributed by atoms with E-state index >= 15 is 0 Å². The summed E-state index contributed by atoms with van der Waals surface area (Å²) in [6.07, 6.45) is 1.73. The van der Waals surface area contributed by atoms with Crippen molar-refractivity contribution in [2.75, 3.05) is 10.6 Å². The number of anilines is 2. The van der Waals surface area contributed by atoms with Crippen LogP contribution in [0.15, 0.2) is 85.2 Å². The Morgan fingerprint density at radius 1 is 1.09 bits per heavy atom. The Morgan fingerprint density at radius 3 is 2.61 bits per heavy atom. The fourth-order valence-electron chi connectivity index (χ4n) is 3.90. The van der Waals surface area contributed by atoms with E-state index in [1.54, 1.807) is 35.1 Å². The number of aromatic nitrogens is 4. The van der Waals surface area contributed by atoms with E-state index in [4.69, 9.17) is 28.3 Å². The number of carbonyl (C=O) groups is 1. The highest BCUT2D eigenvalue weighted by Crippen LogP contribution is 2.41. The molecule has 1 aliphatic rings. The smallest absolute Gasteiger partial charge is 0.319 e. The van der Waals surface area contributed by atoms with Crippen LogP contribution in [0.3, 0.4) is 0 Å². The van der Waals surface area contributed by atoms with Crippen LogP contribution in [0.2, 0.25) is 10.0 Å². The minimum Gasteiger partial charge on any atom is -0.328 e. The number of fused-ring (bicyclic) bond motifs is 1. The van der Waals surface area contributed by atoms with Gasteiger partial charge in [0.15, 0.2) is 5.82 Å². The third kappa shape index (κ3) is 4.08. The van der Waals surface area contributed by atoms with Crippen molar-refractivity contribution in [2.45, 2.75) is 6.04 Å². The van der Waals surface area contributed by atoms with E-state index in [9.17, 15) is 4.79 Å². The minimum atomic E-state index is -0.727. The number of amides is 1. The highest BCUT2D eigenvalue weighted by Gasteiger charge is 2.43. The average Bonchev–Trinajstić information content (AvgIpc) is 3.23. The molecule has 0 aliphatic carbocycles. The lowest BCUT2D eigenvalue weighted by molar-refractivity contribution is -0.360. The summed E-state index contributed by atoms with van der Waals surface area (Å²) in [7, 11) is 0. The van der Waals surface area contributed by atoms with Crippen LogP contribution in [-0.2, 0) is 4.79 Å². The second-order valence-electron chi connectivity index (χ2n) is 7.57. The molecule has 5 rings (SSSR count). The molecule has 3 heterocycles. The maximum atomic E-state index is 13.5.